The average molecular weight is 533 g/mol. The Hall–Kier alpha value is -4.64. The number of ether oxygens (including phenoxy) is 2. The zero-order valence-corrected chi connectivity index (χ0v) is 21.6. The molecule has 2 aromatic carbocycles. The molecule has 0 saturated carbocycles. The molecule has 0 amide bonds. The van der Waals surface area contributed by atoms with Crippen LogP contribution >= 0.6 is 0 Å². The maximum absolute atomic E-state index is 12.2. The largest absolute Gasteiger partial charge is 0.462 e. The van der Waals surface area contributed by atoms with E-state index in [4.69, 9.17) is 19.7 Å². The Morgan fingerprint density at radius 1 is 0.692 bits per heavy atom. The van der Waals surface area contributed by atoms with E-state index in [-0.39, 0.29) is 37.6 Å². The van der Waals surface area contributed by atoms with Crippen LogP contribution in [0.25, 0.3) is 12.2 Å². The summed E-state index contributed by atoms with van der Waals surface area (Å²) in [6.07, 6.45) is 4.54. The molecule has 0 fully saturated rings. The van der Waals surface area contributed by atoms with Crippen molar-refractivity contribution in [3.63, 3.8) is 0 Å². The van der Waals surface area contributed by atoms with Crippen molar-refractivity contribution >= 4 is 35.5 Å². The molecule has 0 radical (unpaired) electrons. The van der Waals surface area contributed by atoms with Crippen LogP contribution < -0.4 is 10.6 Å². The third-order valence-electron chi connectivity index (χ3n) is 5.26. The van der Waals surface area contributed by atoms with Crippen LogP contribution in [0.5, 0.6) is 0 Å². The molecule has 0 saturated heterocycles. The first-order chi connectivity index (χ1) is 19.0. The minimum Gasteiger partial charge on any atom is -0.462 e. The Balaban J connectivity index is 1.70. The van der Waals surface area contributed by atoms with Gasteiger partial charge in [-0.2, -0.15) is 10.5 Å². The fourth-order valence-electron chi connectivity index (χ4n) is 3.27. The van der Waals surface area contributed by atoms with Gasteiger partial charge in [-0.05, 0) is 66.8 Å². The molecule has 0 aliphatic rings. The topological polar surface area (TPSA) is 165 Å². The SMILES string of the molecule is N#C/C(=C\c1ccc(NCCO)cc1)C(=O)OCCCCCOC(=O)/C(C#N)=C/c1ccc(NCCO)cc1. The Bertz CT molecular complexity index is 1110. The van der Waals surface area contributed by atoms with E-state index in [0.717, 1.165) is 11.4 Å². The lowest BCUT2D eigenvalue weighted by atomic mass is 10.1. The fraction of sp³-hybridized carbons (Fsp3) is 0.310. The summed E-state index contributed by atoms with van der Waals surface area (Å²) in [7, 11) is 0. The number of carbonyl (C=O) groups excluding carboxylic acids is 2. The number of esters is 2. The van der Waals surface area contributed by atoms with E-state index in [1.807, 2.05) is 12.1 Å². The molecule has 0 bridgehead atoms. The van der Waals surface area contributed by atoms with Gasteiger partial charge < -0.3 is 30.3 Å². The van der Waals surface area contributed by atoms with E-state index in [0.29, 0.717) is 43.5 Å². The Morgan fingerprint density at radius 2 is 1.08 bits per heavy atom. The van der Waals surface area contributed by atoms with Crippen molar-refractivity contribution in [3.05, 3.63) is 70.8 Å². The molecular weight excluding hydrogens is 500 g/mol. The molecule has 4 N–H and O–H groups in total. The summed E-state index contributed by atoms with van der Waals surface area (Å²) < 4.78 is 10.4. The van der Waals surface area contributed by atoms with Crippen molar-refractivity contribution in [2.45, 2.75) is 19.3 Å². The zero-order chi connectivity index (χ0) is 28.3. The highest BCUT2D eigenvalue weighted by atomic mass is 16.5. The second-order valence-corrected chi connectivity index (χ2v) is 8.22. The van der Waals surface area contributed by atoms with Crippen molar-refractivity contribution in [2.75, 3.05) is 50.2 Å². The number of hydrogen-bond acceptors (Lipinski definition) is 10. The normalized spacial score (nSPS) is 11.2. The number of hydrogen-bond donors (Lipinski definition) is 4. The van der Waals surface area contributed by atoms with Crippen LogP contribution in [-0.2, 0) is 19.1 Å². The van der Waals surface area contributed by atoms with Crippen molar-refractivity contribution in [3.8, 4) is 12.1 Å². The minimum atomic E-state index is -0.715. The smallest absolute Gasteiger partial charge is 0.348 e. The molecule has 10 heteroatoms. The van der Waals surface area contributed by atoms with Gasteiger partial charge in [-0.25, -0.2) is 9.59 Å². The molecule has 204 valence electrons. The van der Waals surface area contributed by atoms with Crippen LogP contribution in [0.15, 0.2) is 59.7 Å². The highest BCUT2D eigenvalue weighted by molar-refractivity contribution is 5.98. The zero-order valence-electron chi connectivity index (χ0n) is 21.6. The number of unbranched alkanes of at least 4 members (excludes halogenated alkanes) is 2. The van der Waals surface area contributed by atoms with E-state index >= 15 is 0 Å². The first kappa shape index (κ1) is 30.6. The third-order valence-corrected chi connectivity index (χ3v) is 5.26. The van der Waals surface area contributed by atoms with Crippen molar-refractivity contribution in [1.82, 2.24) is 0 Å². The van der Waals surface area contributed by atoms with Gasteiger partial charge in [0.2, 0.25) is 0 Å². The van der Waals surface area contributed by atoms with E-state index in [9.17, 15) is 20.1 Å². The van der Waals surface area contributed by atoms with Crippen LogP contribution in [0.3, 0.4) is 0 Å². The van der Waals surface area contributed by atoms with Crippen molar-refractivity contribution in [1.29, 1.82) is 10.5 Å². The summed E-state index contributed by atoms with van der Waals surface area (Å²) in [5, 5.41) is 42.3. The second kappa shape index (κ2) is 17.8. The number of aliphatic hydroxyl groups excluding tert-OH is 2. The number of anilines is 2. The summed E-state index contributed by atoms with van der Waals surface area (Å²) in [6, 6.07) is 17.8. The van der Waals surface area contributed by atoms with Gasteiger partial charge in [0.05, 0.1) is 26.4 Å². The number of rotatable bonds is 16. The van der Waals surface area contributed by atoms with Gasteiger partial charge in [-0.3, -0.25) is 0 Å². The number of nitrogens with zero attached hydrogens (tertiary/aromatic N) is 2. The summed E-state index contributed by atoms with van der Waals surface area (Å²) in [5.41, 5.74) is 2.71. The van der Waals surface area contributed by atoms with Crippen LogP contribution in [0.1, 0.15) is 30.4 Å². The van der Waals surface area contributed by atoms with Gasteiger partial charge >= 0.3 is 11.9 Å². The standard InChI is InChI=1S/C29H32N4O6/c30-20-24(18-22-4-8-26(9-5-22)32-12-14-34)28(36)38-16-2-1-3-17-39-29(37)25(21-31)19-23-6-10-27(11-7-23)33-13-15-35/h4-11,18-19,32-35H,1-3,12-17H2/b24-18+,25-19+. The first-order valence-corrected chi connectivity index (χ1v) is 12.5. The van der Waals surface area contributed by atoms with Crippen LogP contribution in [0.2, 0.25) is 0 Å². The molecular formula is C29H32N4O6. The van der Waals surface area contributed by atoms with Gasteiger partial charge in [0.25, 0.3) is 0 Å². The predicted molar refractivity (Wildman–Crippen MR) is 147 cm³/mol. The second-order valence-electron chi connectivity index (χ2n) is 8.22. The summed E-state index contributed by atoms with van der Waals surface area (Å²) in [5.74, 6) is -1.43. The average Bonchev–Trinajstić information content (AvgIpc) is 2.96. The molecule has 0 spiro atoms. The van der Waals surface area contributed by atoms with Crippen LogP contribution in [-0.4, -0.2) is 61.7 Å². The quantitative estimate of drug-likeness (QED) is 0.109. The van der Waals surface area contributed by atoms with Crippen LogP contribution in [0.4, 0.5) is 11.4 Å². The lowest BCUT2D eigenvalue weighted by Gasteiger charge is -2.06. The molecule has 2 aromatic rings. The lowest BCUT2D eigenvalue weighted by molar-refractivity contribution is -0.138. The number of nitrogens with one attached hydrogen (secondary N) is 2. The fourth-order valence-corrected chi connectivity index (χ4v) is 3.27. The number of benzene rings is 2. The van der Waals surface area contributed by atoms with E-state index in [1.54, 1.807) is 48.5 Å². The Morgan fingerprint density at radius 3 is 1.41 bits per heavy atom. The molecule has 0 unspecified atom stereocenters. The number of nitriles is 2. The lowest BCUT2D eigenvalue weighted by Crippen LogP contribution is -2.10. The highest BCUT2D eigenvalue weighted by Gasteiger charge is 2.12. The van der Waals surface area contributed by atoms with E-state index in [2.05, 4.69) is 10.6 Å². The van der Waals surface area contributed by atoms with E-state index < -0.39 is 11.9 Å². The molecule has 0 heterocycles. The molecule has 0 aliphatic carbocycles. The van der Waals surface area contributed by atoms with Gasteiger partial charge in [-0.15, -0.1) is 0 Å². The molecule has 2 rings (SSSR count). The number of aliphatic hydroxyl groups is 2. The minimum absolute atomic E-state index is 0.0125. The van der Waals surface area contributed by atoms with Gasteiger partial charge in [0.15, 0.2) is 0 Å². The first-order valence-electron chi connectivity index (χ1n) is 12.5. The number of carbonyl (C=O) groups is 2. The van der Waals surface area contributed by atoms with E-state index in [1.165, 1.54) is 12.2 Å². The maximum atomic E-state index is 12.2. The Labute approximate surface area is 227 Å². The van der Waals surface area contributed by atoms with Gasteiger partial charge in [-0.1, -0.05) is 24.3 Å². The van der Waals surface area contributed by atoms with Gasteiger partial charge in [0, 0.05) is 24.5 Å². The van der Waals surface area contributed by atoms with Crippen molar-refractivity contribution in [2.24, 2.45) is 0 Å². The summed E-state index contributed by atoms with van der Waals surface area (Å²) in [6.45, 7) is 1.10. The molecule has 39 heavy (non-hydrogen) atoms. The predicted octanol–water partition coefficient (Wildman–Crippen LogP) is 3.27. The summed E-state index contributed by atoms with van der Waals surface area (Å²) in [4.78, 5) is 24.4. The summed E-state index contributed by atoms with van der Waals surface area (Å²) >= 11 is 0. The highest BCUT2D eigenvalue weighted by Crippen LogP contribution is 2.15. The molecule has 0 aliphatic heterocycles. The molecule has 10 nitrogen and oxygen atoms in total. The third kappa shape index (κ3) is 11.5. The van der Waals surface area contributed by atoms with Gasteiger partial charge in [0.1, 0.15) is 23.3 Å². The van der Waals surface area contributed by atoms with Crippen LogP contribution in [0, 0.1) is 22.7 Å². The molecule has 0 aromatic heterocycles. The maximum Gasteiger partial charge on any atom is 0.348 e. The Kier molecular flexibility index (Phi) is 13.9. The molecule has 0 atom stereocenters. The van der Waals surface area contributed by atoms with Crippen molar-refractivity contribution < 1.29 is 29.3 Å². The monoisotopic (exact) mass is 532 g/mol.